The number of para-hydroxylation sites is 1. The number of nitrogens with zero attached hydrogens (tertiary/aromatic N) is 2. The van der Waals surface area contributed by atoms with Crippen LogP contribution in [0.2, 0.25) is 0 Å². The molecule has 0 spiro atoms. The molecule has 140 valence electrons. The van der Waals surface area contributed by atoms with Crippen LogP contribution in [0.1, 0.15) is 24.6 Å². The lowest BCUT2D eigenvalue weighted by Crippen LogP contribution is -2.15. The Kier molecular flexibility index (Phi) is 4.94. The number of benzene rings is 1. The fraction of sp³-hybridized carbons (Fsp3) is 0.167. The van der Waals surface area contributed by atoms with Gasteiger partial charge in [0.2, 0.25) is 0 Å². The number of pyridine rings is 2. The minimum absolute atomic E-state index is 0.0211. The highest BCUT2D eigenvalue weighted by molar-refractivity contribution is 5.84. The Balaban J connectivity index is 2.01. The third-order valence-electron chi connectivity index (χ3n) is 4.97. The van der Waals surface area contributed by atoms with Gasteiger partial charge in [-0.1, -0.05) is 49.4 Å². The molecule has 1 N–H and O–H groups in total. The van der Waals surface area contributed by atoms with Crippen LogP contribution in [0.25, 0.3) is 16.7 Å². The first kappa shape index (κ1) is 18.0. The van der Waals surface area contributed by atoms with E-state index in [1.54, 1.807) is 6.07 Å². The first-order chi connectivity index (χ1) is 13.7. The van der Waals surface area contributed by atoms with Crippen LogP contribution in [0.15, 0.2) is 77.6 Å². The molecule has 3 aromatic rings. The van der Waals surface area contributed by atoms with E-state index in [4.69, 9.17) is 4.98 Å². The lowest BCUT2D eigenvalue weighted by Gasteiger charge is -2.20. The number of hydrogen-bond acceptors (Lipinski definition) is 3. The first-order valence-electron chi connectivity index (χ1n) is 9.58. The van der Waals surface area contributed by atoms with Crippen molar-refractivity contribution in [3.05, 3.63) is 94.3 Å². The van der Waals surface area contributed by atoms with Gasteiger partial charge in [0.05, 0.1) is 5.39 Å². The SMILES string of the molecule is CCc1cc2c(=O)cc(Nc3ccccc3)n(C3=CC=CC=CC3)c2nc1C. The molecule has 1 aromatic carbocycles. The molecule has 0 amide bonds. The molecule has 0 aliphatic heterocycles. The van der Waals surface area contributed by atoms with Crippen LogP contribution < -0.4 is 10.7 Å². The van der Waals surface area contributed by atoms with Gasteiger partial charge in [-0.05, 0) is 43.2 Å². The molecule has 28 heavy (non-hydrogen) atoms. The summed E-state index contributed by atoms with van der Waals surface area (Å²) in [6.07, 6.45) is 11.9. The lowest BCUT2D eigenvalue weighted by atomic mass is 10.1. The summed E-state index contributed by atoms with van der Waals surface area (Å²) in [6, 6.07) is 13.5. The minimum Gasteiger partial charge on any atom is -0.341 e. The van der Waals surface area contributed by atoms with Crippen LogP contribution in [0, 0.1) is 6.92 Å². The molecule has 0 radical (unpaired) electrons. The van der Waals surface area contributed by atoms with E-state index in [0.29, 0.717) is 11.0 Å². The van der Waals surface area contributed by atoms with Crippen molar-refractivity contribution in [3.63, 3.8) is 0 Å². The number of anilines is 2. The van der Waals surface area contributed by atoms with E-state index in [-0.39, 0.29) is 5.43 Å². The Morgan fingerprint density at radius 2 is 1.93 bits per heavy atom. The molecule has 0 unspecified atom stereocenters. The second-order valence-corrected chi connectivity index (χ2v) is 6.85. The summed E-state index contributed by atoms with van der Waals surface area (Å²) < 4.78 is 2.07. The molecule has 4 heteroatoms. The van der Waals surface area contributed by atoms with Gasteiger partial charge in [-0.2, -0.15) is 0 Å². The molecule has 0 atom stereocenters. The molecule has 2 aromatic heterocycles. The van der Waals surface area contributed by atoms with Crippen molar-refractivity contribution in [1.82, 2.24) is 9.55 Å². The van der Waals surface area contributed by atoms with Gasteiger partial charge >= 0.3 is 0 Å². The maximum atomic E-state index is 12.9. The number of aryl methyl sites for hydroxylation is 2. The number of nitrogens with one attached hydrogen (secondary N) is 1. The van der Waals surface area contributed by atoms with E-state index in [2.05, 4.69) is 29.0 Å². The monoisotopic (exact) mass is 369 g/mol. The molecule has 0 fully saturated rings. The summed E-state index contributed by atoms with van der Waals surface area (Å²) in [5.41, 5.74) is 4.72. The predicted molar refractivity (Wildman–Crippen MR) is 117 cm³/mol. The van der Waals surface area contributed by atoms with Gasteiger partial charge in [0, 0.05) is 29.6 Å². The quantitative estimate of drug-likeness (QED) is 0.673. The number of rotatable bonds is 4. The van der Waals surface area contributed by atoms with Crippen LogP contribution in [0.5, 0.6) is 0 Å². The summed E-state index contributed by atoms with van der Waals surface area (Å²) >= 11 is 0. The van der Waals surface area contributed by atoms with Gasteiger partial charge in [-0.25, -0.2) is 4.98 Å². The summed E-state index contributed by atoms with van der Waals surface area (Å²) in [4.78, 5) is 17.8. The Hall–Kier alpha value is -3.40. The molecule has 1 aliphatic rings. The van der Waals surface area contributed by atoms with Crippen molar-refractivity contribution in [3.8, 4) is 0 Å². The highest BCUT2D eigenvalue weighted by atomic mass is 16.1. The number of aromatic nitrogens is 2. The number of allylic oxidation sites excluding steroid dienone is 6. The Labute approximate surface area is 164 Å². The second-order valence-electron chi connectivity index (χ2n) is 6.85. The van der Waals surface area contributed by atoms with Gasteiger partial charge in [0.15, 0.2) is 5.43 Å². The first-order valence-corrected chi connectivity index (χ1v) is 9.58. The van der Waals surface area contributed by atoms with Crippen molar-refractivity contribution < 1.29 is 0 Å². The molecular formula is C24H23N3O. The van der Waals surface area contributed by atoms with Crippen molar-refractivity contribution in [1.29, 1.82) is 0 Å². The molecule has 1 aliphatic carbocycles. The molecule has 4 nitrogen and oxygen atoms in total. The van der Waals surface area contributed by atoms with Crippen LogP contribution >= 0.6 is 0 Å². The van der Waals surface area contributed by atoms with E-state index in [1.807, 2.05) is 61.5 Å². The van der Waals surface area contributed by atoms with Gasteiger partial charge in [0.25, 0.3) is 0 Å². The standard InChI is InChI=1S/C24H23N3O/c1-3-18-15-21-22(28)16-23(26-19-11-7-6-8-12-19)27(24(21)25-17(18)2)20-13-9-4-5-10-14-20/h4-13,15-16,26H,3,14H2,1-2H3. The zero-order valence-corrected chi connectivity index (χ0v) is 16.1. The normalized spacial score (nSPS) is 13.4. The van der Waals surface area contributed by atoms with Crippen molar-refractivity contribution in [2.45, 2.75) is 26.7 Å². The largest absolute Gasteiger partial charge is 0.341 e. The van der Waals surface area contributed by atoms with Crippen molar-refractivity contribution in [2.75, 3.05) is 5.32 Å². The van der Waals surface area contributed by atoms with Gasteiger partial charge < -0.3 is 5.32 Å². The minimum atomic E-state index is -0.0211. The third-order valence-corrected chi connectivity index (χ3v) is 4.97. The highest BCUT2D eigenvalue weighted by Gasteiger charge is 2.15. The zero-order valence-electron chi connectivity index (χ0n) is 16.1. The molecular weight excluding hydrogens is 346 g/mol. The molecule has 2 heterocycles. The van der Waals surface area contributed by atoms with Gasteiger partial charge in [-0.3, -0.25) is 9.36 Å². The zero-order chi connectivity index (χ0) is 19.5. The van der Waals surface area contributed by atoms with Crippen LogP contribution in [-0.4, -0.2) is 9.55 Å². The van der Waals surface area contributed by atoms with Crippen molar-refractivity contribution in [2.24, 2.45) is 0 Å². The van der Waals surface area contributed by atoms with Crippen LogP contribution in [-0.2, 0) is 6.42 Å². The summed E-state index contributed by atoms with van der Waals surface area (Å²) in [5.74, 6) is 0.717. The smallest absolute Gasteiger partial charge is 0.193 e. The molecule has 4 rings (SSSR count). The second kappa shape index (κ2) is 7.69. The maximum absolute atomic E-state index is 12.9. The van der Waals surface area contributed by atoms with E-state index in [1.165, 1.54) is 0 Å². The van der Waals surface area contributed by atoms with Crippen LogP contribution in [0.3, 0.4) is 0 Å². The molecule has 0 saturated carbocycles. The number of hydrogen-bond donors (Lipinski definition) is 1. The Morgan fingerprint density at radius 3 is 2.71 bits per heavy atom. The van der Waals surface area contributed by atoms with E-state index >= 15 is 0 Å². The van der Waals surface area contributed by atoms with Crippen molar-refractivity contribution >= 4 is 28.2 Å². The van der Waals surface area contributed by atoms with E-state index in [0.717, 1.165) is 41.3 Å². The maximum Gasteiger partial charge on any atom is 0.193 e. The average Bonchev–Trinajstić information content (AvgIpc) is 2.98. The Bertz CT molecular complexity index is 1170. The Morgan fingerprint density at radius 1 is 1.11 bits per heavy atom. The summed E-state index contributed by atoms with van der Waals surface area (Å²) in [5, 5.41) is 4.06. The average molecular weight is 369 g/mol. The fourth-order valence-corrected chi connectivity index (χ4v) is 3.51. The van der Waals surface area contributed by atoms with Gasteiger partial charge in [-0.15, -0.1) is 0 Å². The van der Waals surface area contributed by atoms with E-state index in [9.17, 15) is 4.79 Å². The molecule has 0 saturated heterocycles. The fourth-order valence-electron chi connectivity index (χ4n) is 3.51. The lowest BCUT2D eigenvalue weighted by molar-refractivity contribution is 1.01. The molecule has 0 bridgehead atoms. The van der Waals surface area contributed by atoms with E-state index < -0.39 is 0 Å². The summed E-state index contributed by atoms with van der Waals surface area (Å²) in [6.45, 7) is 4.09. The van der Waals surface area contributed by atoms with Crippen LogP contribution in [0.4, 0.5) is 11.5 Å². The topological polar surface area (TPSA) is 46.9 Å². The summed E-state index contributed by atoms with van der Waals surface area (Å²) in [7, 11) is 0. The predicted octanol–water partition coefficient (Wildman–Crippen LogP) is 5.37. The van der Waals surface area contributed by atoms with Gasteiger partial charge in [0.1, 0.15) is 11.5 Å². The highest BCUT2D eigenvalue weighted by Crippen LogP contribution is 2.27. The number of fused-ring (bicyclic) bond motifs is 1. The third kappa shape index (κ3) is 3.41.